The molecule has 0 saturated carbocycles. The number of hydrogen-bond acceptors (Lipinski definition) is 7. The fourth-order valence-electron chi connectivity index (χ4n) is 3.40. The van der Waals surface area contributed by atoms with Gasteiger partial charge in [-0.2, -0.15) is 0 Å². The molecule has 2 aromatic carbocycles. The lowest BCUT2D eigenvalue weighted by atomic mass is 9.99. The molecule has 1 atom stereocenters. The predicted octanol–water partition coefficient (Wildman–Crippen LogP) is 4.59. The van der Waals surface area contributed by atoms with E-state index in [1.165, 1.54) is 13.2 Å². The summed E-state index contributed by atoms with van der Waals surface area (Å²) in [7, 11) is 1.35. The lowest BCUT2D eigenvalue weighted by molar-refractivity contribution is -0.145. The van der Waals surface area contributed by atoms with Gasteiger partial charge in [0.25, 0.3) is 0 Å². The van der Waals surface area contributed by atoms with Crippen LogP contribution in [0.5, 0.6) is 11.5 Å². The smallest absolute Gasteiger partial charge is 0.310 e. The summed E-state index contributed by atoms with van der Waals surface area (Å²) in [5.74, 6) is 0.239. The highest BCUT2D eigenvalue weighted by Crippen LogP contribution is 2.21. The van der Waals surface area contributed by atoms with E-state index in [9.17, 15) is 9.59 Å². The molecule has 1 aromatic heterocycles. The van der Waals surface area contributed by atoms with Crippen LogP contribution in [0, 0.1) is 12.8 Å². The van der Waals surface area contributed by atoms with Crippen LogP contribution in [0.1, 0.15) is 28.8 Å². The average Bonchev–Trinajstić information content (AvgIpc) is 3.30. The Balaban J connectivity index is 1.57. The van der Waals surface area contributed by atoms with E-state index >= 15 is 0 Å². The van der Waals surface area contributed by atoms with E-state index in [2.05, 4.69) is 10.3 Å². The third kappa shape index (κ3) is 8.26. The molecule has 0 aliphatic carbocycles. The van der Waals surface area contributed by atoms with Gasteiger partial charge in [-0.25, -0.2) is 4.98 Å². The number of hydrogen-bond donors (Lipinski definition) is 1. The number of ether oxygens (including phenoxy) is 3. The topological polar surface area (TPSA) is 86.8 Å². The second-order valence-corrected chi connectivity index (χ2v) is 8.83. The van der Waals surface area contributed by atoms with Gasteiger partial charge in [0.1, 0.15) is 18.1 Å². The summed E-state index contributed by atoms with van der Waals surface area (Å²) in [5, 5.41) is 5.75. The van der Waals surface area contributed by atoms with Crippen LogP contribution in [0.2, 0.25) is 0 Å². The van der Waals surface area contributed by atoms with Crippen LogP contribution in [-0.2, 0) is 27.4 Å². The maximum absolute atomic E-state index is 12.5. The van der Waals surface area contributed by atoms with E-state index in [0.29, 0.717) is 25.4 Å². The number of benzene rings is 2. The van der Waals surface area contributed by atoms with Crippen molar-refractivity contribution < 1.29 is 23.8 Å². The van der Waals surface area contributed by atoms with Gasteiger partial charge in [-0.3, -0.25) is 9.59 Å². The predicted molar refractivity (Wildman–Crippen MR) is 136 cm³/mol. The highest BCUT2D eigenvalue weighted by Gasteiger charge is 2.20. The Labute approximate surface area is 209 Å². The van der Waals surface area contributed by atoms with Crippen molar-refractivity contribution in [3.05, 3.63) is 81.8 Å². The highest BCUT2D eigenvalue weighted by atomic mass is 32.1. The summed E-state index contributed by atoms with van der Waals surface area (Å²) in [6, 6.07) is 15.0. The molecule has 35 heavy (non-hydrogen) atoms. The molecule has 7 nitrogen and oxygen atoms in total. The number of amides is 1. The number of aryl methyl sites for hydroxylation is 1. The lowest BCUT2D eigenvalue weighted by Gasteiger charge is -2.15. The van der Waals surface area contributed by atoms with E-state index < -0.39 is 5.92 Å². The van der Waals surface area contributed by atoms with Crippen molar-refractivity contribution in [3.8, 4) is 11.5 Å². The summed E-state index contributed by atoms with van der Waals surface area (Å²) in [4.78, 5) is 29.2. The van der Waals surface area contributed by atoms with E-state index in [4.69, 9.17) is 14.2 Å². The molecule has 3 rings (SSSR count). The average molecular weight is 495 g/mol. The molecule has 0 bridgehead atoms. The molecule has 1 heterocycles. The van der Waals surface area contributed by atoms with Crippen LogP contribution in [0.4, 0.5) is 0 Å². The molecule has 0 unspecified atom stereocenters. The van der Waals surface area contributed by atoms with Gasteiger partial charge in [0.2, 0.25) is 5.91 Å². The van der Waals surface area contributed by atoms with Crippen LogP contribution in [-0.4, -0.2) is 37.1 Å². The lowest BCUT2D eigenvalue weighted by Crippen LogP contribution is -2.33. The Bertz CT molecular complexity index is 1140. The monoisotopic (exact) mass is 494 g/mol. The first-order valence-electron chi connectivity index (χ1n) is 11.4. The Hall–Kier alpha value is -3.65. The molecule has 1 amide bonds. The Morgan fingerprint density at radius 3 is 2.57 bits per heavy atom. The zero-order valence-corrected chi connectivity index (χ0v) is 21.0. The normalized spacial score (nSPS) is 11.7. The first kappa shape index (κ1) is 26.0. The third-order valence-corrected chi connectivity index (χ3v) is 5.97. The molecular formula is C27H30N2O5S. The second kappa shape index (κ2) is 13.3. The van der Waals surface area contributed by atoms with Crippen LogP contribution in [0.15, 0.2) is 60.0 Å². The van der Waals surface area contributed by atoms with Crippen LogP contribution < -0.4 is 14.8 Å². The quantitative estimate of drug-likeness (QED) is 0.293. The zero-order chi connectivity index (χ0) is 25.0. The van der Waals surface area contributed by atoms with Crippen molar-refractivity contribution >= 4 is 29.3 Å². The molecule has 0 saturated heterocycles. The molecule has 8 heteroatoms. The van der Waals surface area contributed by atoms with Crippen molar-refractivity contribution in [2.45, 2.75) is 26.9 Å². The molecule has 0 radical (unpaired) electrons. The number of thiazole rings is 1. The van der Waals surface area contributed by atoms with E-state index in [0.717, 1.165) is 27.6 Å². The number of rotatable bonds is 12. The Morgan fingerprint density at radius 2 is 1.89 bits per heavy atom. The minimum absolute atomic E-state index is 0.157. The minimum Gasteiger partial charge on any atom is -0.494 e. The maximum atomic E-state index is 12.5. The summed E-state index contributed by atoms with van der Waals surface area (Å²) >= 11 is 1.58. The number of methoxy groups -OCH3 is 1. The summed E-state index contributed by atoms with van der Waals surface area (Å²) in [6.07, 6.45) is 3.56. The summed E-state index contributed by atoms with van der Waals surface area (Å²) < 4.78 is 16.3. The molecular weight excluding hydrogens is 464 g/mol. The Kier molecular flexibility index (Phi) is 9.86. The number of nitrogens with zero attached hydrogens (tertiary/aromatic N) is 1. The minimum atomic E-state index is -0.507. The third-order valence-electron chi connectivity index (χ3n) is 5.15. The van der Waals surface area contributed by atoms with Gasteiger partial charge in [-0.1, -0.05) is 30.3 Å². The first-order chi connectivity index (χ1) is 17.0. The van der Waals surface area contributed by atoms with E-state index in [1.54, 1.807) is 17.4 Å². The standard InChI is InChI=1S/C27H30N2O5S/c1-4-33-24-12-9-20(10-13-24)15-22(27(31)32-3)16-28-26(30)14-11-21-7-5-6-8-25(21)34-17-23-18-35-19(2)29-23/h5-14,18,22H,4,15-17H2,1-3H3,(H,28,30)/b14-11-/t22-/m0/s1. The van der Waals surface area contributed by atoms with Crippen molar-refractivity contribution in [1.82, 2.24) is 10.3 Å². The number of esters is 1. The van der Waals surface area contributed by atoms with Crippen molar-refractivity contribution in [2.75, 3.05) is 20.3 Å². The fourth-order valence-corrected chi connectivity index (χ4v) is 4.00. The largest absolute Gasteiger partial charge is 0.494 e. The molecule has 0 aliphatic rings. The van der Waals surface area contributed by atoms with Gasteiger partial charge < -0.3 is 19.5 Å². The summed E-state index contributed by atoms with van der Waals surface area (Å²) in [6.45, 7) is 4.98. The highest BCUT2D eigenvalue weighted by molar-refractivity contribution is 7.09. The summed E-state index contributed by atoms with van der Waals surface area (Å²) in [5.41, 5.74) is 2.59. The van der Waals surface area contributed by atoms with Crippen LogP contribution in [0.3, 0.4) is 0 Å². The molecule has 1 N–H and O–H groups in total. The Morgan fingerprint density at radius 1 is 1.11 bits per heavy atom. The second-order valence-electron chi connectivity index (χ2n) is 7.76. The van der Waals surface area contributed by atoms with Gasteiger partial charge in [0.05, 0.1) is 30.3 Å². The van der Waals surface area contributed by atoms with Crippen LogP contribution in [0.25, 0.3) is 6.08 Å². The number of carbonyl (C=O) groups is 2. The molecule has 184 valence electrons. The van der Waals surface area contributed by atoms with E-state index in [1.807, 2.05) is 67.8 Å². The van der Waals surface area contributed by atoms with Crippen molar-refractivity contribution in [1.29, 1.82) is 0 Å². The van der Waals surface area contributed by atoms with Gasteiger partial charge in [0, 0.05) is 23.6 Å². The zero-order valence-electron chi connectivity index (χ0n) is 20.2. The first-order valence-corrected chi connectivity index (χ1v) is 12.2. The molecule has 0 aliphatic heterocycles. The number of para-hydroxylation sites is 1. The van der Waals surface area contributed by atoms with Gasteiger partial charge >= 0.3 is 5.97 Å². The molecule has 3 aromatic rings. The number of carbonyl (C=O) groups excluding carboxylic acids is 2. The van der Waals surface area contributed by atoms with Gasteiger partial charge in [-0.15, -0.1) is 11.3 Å². The van der Waals surface area contributed by atoms with Crippen LogP contribution >= 0.6 is 11.3 Å². The van der Waals surface area contributed by atoms with Crippen molar-refractivity contribution in [3.63, 3.8) is 0 Å². The van der Waals surface area contributed by atoms with E-state index in [-0.39, 0.29) is 18.4 Å². The fraction of sp³-hybridized carbons (Fsp3) is 0.296. The van der Waals surface area contributed by atoms with Crippen molar-refractivity contribution in [2.24, 2.45) is 5.92 Å². The maximum Gasteiger partial charge on any atom is 0.310 e. The van der Waals surface area contributed by atoms with Gasteiger partial charge in [-0.05, 0) is 50.1 Å². The van der Waals surface area contributed by atoms with Gasteiger partial charge in [0.15, 0.2) is 0 Å². The molecule has 0 spiro atoms. The number of nitrogens with one attached hydrogen (secondary N) is 1. The number of aromatic nitrogens is 1. The molecule has 0 fully saturated rings. The SMILES string of the molecule is CCOc1ccc(C[C@@H](CNC(=O)/C=C\c2ccccc2OCc2csc(C)n2)C(=O)OC)cc1.